The number of benzene rings is 1. The molecule has 1 aromatic rings. The van der Waals surface area contributed by atoms with Gasteiger partial charge in [-0.3, -0.25) is 19.7 Å². The molecule has 25 heavy (non-hydrogen) atoms. The Morgan fingerprint density at radius 2 is 2.12 bits per heavy atom. The third-order valence-electron chi connectivity index (χ3n) is 4.11. The van der Waals surface area contributed by atoms with Crippen LogP contribution in [0, 0.1) is 16.0 Å². The Bertz CT molecular complexity index is 673. The molecule has 0 aromatic heterocycles. The smallest absolute Gasteiger partial charge is 0.283 e. The third-order valence-corrected chi connectivity index (χ3v) is 5.15. The summed E-state index contributed by atoms with van der Waals surface area (Å²) in [5, 5.41) is 11.2. The molecule has 1 fully saturated rings. The van der Waals surface area contributed by atoms with Gasteiger partial charge in [-0.1, -0.05) is 0 Å². The molecule has 1 saturated heterocycles. The highest BCUT2D eigenvalue weighted by Crippen LogP contribution is 2.31. The van der Waals surface area contributed by atoms with Crippen molar-refractivity contribution in [3.63, 3.8) is 0 Å². The highest BCUT2D eigenvalue weighted by Gasteiger charge is 2.31. The van der Waals surface area contributed by atoms with Crippen LogP contribution in [0.2, 0.25) is 0 Å². The molecule has 0 spiro atoms. The number of carbonyl (C=O) groups is 2. The zero-order valence-corrected chi connectivity index (χ0v) is 15.3. The van der Waals surface area contributed by atoms with Gasteiger partial charge in [0, 0.05) is 24.2 Å². The van der Waals surface area contributed by atoms with E-state index in [1.807, 2.05) is 6.92 Å². The van der Waals surface area contributed by atoms with Crippen LogP contribution >= 0.6 is 24.2 Å². The van der Waals surface area contributed by atoms with E-state index >= 15 is 0 Å². The summed E-state index contributed by atoms with van der Waals surface area (Å²) in [7, 11) is 0. The van der Waals surface area contributed by atoms with Gasteiger partial charge in [0.2, 0.25) is 11.8 Å². The summed E-state index contributed by atoms with van der Waals surface area (Å²) in [6.07, 6.45) is 0.875. The maximum absolute atomic E-state index is 12.4. The summed E-state index contributed by atoms with van der Waals surface area (Å²) in [6, 6.07) is 4.13. The first-order chi connectivity index (χ1) is 11.3. The summed E-state index contributed by atoms with van der Waals surface area (Å²) in [5.74, 6) is -0.405. The average Bonchev–Trinajstić information content (AvgIpc) is 2.93. The standard InChI is InChI=1S/C15H20N4O4S.ClH/c1-9-4-10(6-16)7-18(9)14(20)8-24-13-3-2-11(15(17)21)5-12(13)19(22)23;/h2-3,5,9-10H,4,6-8,16H2,1H3,(H2,17,21);1H. The van der Waals surface area contributed by atoms with Gasteiger partial charge in [0.1, 0.15) is 0 Å². The number of nitro benzene ring substituents is 1. The molecule has 0 bridgehead atoms. The van der Waals surface area contributed by atoms with Crippen molar-refractivity contribution in [1.29, 1.82) is 0 Å². The topological polar surface area (TPSA) is 133 Å². The Kier molecular flexibility index (Phi) is 7.65. The van der Waals surface area contributed by atoms with Crippen LogP contribution in [0.4, 0.5) is 5.69 Å². The minimum atomic E-state index is -0.732. The van der Waals surface area contributed by atoms with Crippen molar-refractivity contribution in [3.05, 3.63) is 33.9 Å². The zero-order valence-electron chi connectivity index (χ0n) is 13.7. The van der Waals surface area contributed by atoms with Crippen molar-refractivity contribution < 1.29 is 14.5 Å². The molecule has 10 heteroatoms. The lowest BCUT2D eigenvalue weighted by Gasteiger charge is -2.21. The molecule has 0 radical (unpaired) electrons. The number of nitrogens with zero attached hydrogens (tertiary/aromatic N) is 2. The fraction of sp³-hybridized carbons (Fsp3) is 0.467. The Labute approximate surface area is 155 Å². The maximum Gasteiger partial charge on any atom is 0.283 e. The lowest BCUT2D eigenvalue weighted by atomic mass is 10.1. The molecule has 1 heterocycles. The minimum absolute atomic E-state index is 0. The van der Waals surface area contributed by atoms with E-state index in [-0.39, 0.29) is 41.4 Å². The van der Waals surface area contributed by atoms with Crippen LogP contribution in [0.1, 0.15) is 23.7 Å². The predicted molar refractivity (Wildman–Crippen MR) is 97.9 cm³/mol. The second-order valence-corrected chi connectivity index (χ2v) is 6.84. The lowest BCUT2D eigenvalue weighted by molar-refractivity contribution is -0.387. The molecule has 0 aliphatic carbocycles. The van der Waals surface area contributed by atoms with E-state index in [9.17, 15) is 19.7 Å². The molecule has 138 valence electrons. The van der Waals surface area contributed by atoms with Gasteiger partial charge < -0.3 is 16.4 Å². The summed E-state index contributed by atoms with van der Waals surface area (Å²) < 4.78 is 0. The third kappa shape index (κ3) is 5.07. The van der Waals surface area contributed by atoms with Crippen LogP contribution in [0.25, 0.3) is 0 Å². The molecule has 8 nitrogen and oxygen atoms in total. The van der Waals surface area contributed by atoms with Gasteiger partial charge in [0.05, 0.1) is 15.6 Å². The van der Waals surface area contributed by atoms with E-state index in [0.717, 1.165) is 24.2 Å². The summed E-state index contributed by atoms with van der Waals surface area (Å²) in [5.41, 5.74) is 10.6. The van der Waals surface area contributed by atoms with Crippen molar-refractivity contribution in [1.82, 2.24) is 4.90 Å². The van der Waals surface area contributed by atoms with E-state index in [1.54, 1.807) is 4.90 Å². The van der Waals surface area contributed by atoms with E-state index in [4.69, 9.17) is 11.5 Å². The molecule has 2 unspecified atom stereocenters. The Morgan fingerprint density at radius 3 is 2.64 bits per heavy atom. The van der Waals surface area contributed by atoms with Gasteiger partial charge in [-0.2, -0.15) is 0 Å². The van der Waals surface area contributed by atoms with Crippen LogP contribution < -0.4 is 11.5 Å². The predicted octanol–water partition coefficient (Wildman–Crippen LogP) is 1.40. The highest BCUT2D eigenvalue weighted by atomic mass is 35.5. The van der Waals surface area contributed by atoms with E-state index in [2.05, 4.69) is 0 Å². The first-order valence-electron chi connectivity index (χ1n) is 7.54. The number of thioether (sulfide) groups is 1. The summed E-state index contributed by atoms with van der Waals surface area (Å²) in [6.45, 7) is 3.14. The summed E-state index contributed by atoms with van der Waals surface area (Å²) in [4.78, 5) is 36.2. The van der Waals surface area contributed by atoms with Gasteiger partial charge in [0.25, 0.3) is 5.69 Å². The van der Waals surface area contributed by atoms with Crippen molar-refractivity contribution in [2.45, 2.75) is 24.3 Å². The van der Waals surface area contributed by atoms with Gasteiger partial charge >= 0.3 is 0 Å². The molecule has 1 aliphatic heterocycles. The quantitative estimate of drug-likeness (QED) is 0.430. The number of nitrogens with two attached hydrogens (primary N) is 2. The molecule has 2 rings (SSSR count). The molecule has 2 atom stereocenters. The SMILES string of the molecule is CC1CC(CN)CN1C(=O)CSc1ccc(C(N)=O)cc1[N+](=O)[O-].Cl. The number of nitro groups is 1. The van der Waals surface area contributed by atoms with Gasteiger partial charge in [0.15, 0.2) is 0 Å². The number of hydrogen-bond donors (Lipinski definition) is 2. The van der Waals surface area contributed by atoms with Crippen molar-refractivity contribution in [3.8, 4) is 0 Å². The first-order valence-corrected chi connectivity index (χ1v) is 8.52. The number of carbonyl (C=O) groups excluding carboxylic acids is 2. The van der Waals surface area contributed by atoms with Crippen molar-refractivity contribution in [2.75, 3.05) is 18.8 Å². The average molecular weight is 389 g/mol. The Hall–Kier alpha value is -1.84. The Morgan fingerprint density at radius 1 is 1.44 bits per heavy atom. The minimum Gasteiger partial charge on any atom is -0.366 e. The molecule has 4 N–H and O–H groups in total. The summed E-state index contributed by atoms with van der Waals surface area (Å²) >= 11 is 1.09. The van der Waals surface area contributed by atoms with Crippen molar-refractivity contribution >= 4 is 41.7 Å². The van der Waals surface area contributed by atoms with Crippen molar-refractivity contribution in [2.24, 2.45) is 17.4 Å². The van der Waals surface area contributed by atoms with Crippen LogP contribution in [0.5, 0.6) is 0 Å². The number of halogens is 1. The fourth-order valence-electron chi connectivity index (χ4n) is 2.82. The second kappa shape index (κ2) is 9.02. The van der Waals surface area contributed by atoms with Gasteiger partial charge in [-0.15, -0.1) is 24.2 Å². The van der Waals surface area contributed by atoms with Crippen LogP contribution in [-0.2, 0) is 4.79 Å². The second-order valence-electron chi connectivity index (χ2n) is 5.83. The number of hydrogen-bond acceptors (Lipinski definition) is 6. The fourth-order valence-corrected chi connectivity index (χ4v) is 3.71. The number of primary amides is 1. The number of amides is 2. The lowest BCUT2D eigenvalue weighted by Crippen LogP contribution is -2.35. The van der Waals surface area contributed by atoms with Gasteiger partial charge in [-0.05, 0) is 37.9 Å². The largest absolute Gasteiger partial charge is 0.366 e. The highest BCUT2D eigenvalue weighted by molar-refractivity contribution is 8.00. The van der Waals surface area contributed by atoms with Crippen LogP contribution in [0.15, 0.2) is 23.1 Å². The monoisotopic (exact) mass is 388 g/mol. The molecule has 1 aromatic carbocycles. The van der Waals surface area contributed by atoms with Crippen LogP contribution in [-0.4, -0.2) is 46.5 Å². The van der Waals surface area contributed by atoms with E-state index in [1.165, 1.54) is 12.1 Å². The normalized spacial score (nSPS) is 19.4. The van der Waals surface area contributed by atoms with E-state index in [0.29, 0.717) is 23.9 Å². The zero-order chi connectivity index (χ0) is 17.9. The number of rotatable bonds is 6. The number of likely N-dealkylation sites (tertiary alicyclic amines) is 1. The van der Waals surface area contributed by atoms with Gasteiger partial charge in [-0.25, -0.2) is 0 Å². The molecular weight excluding hydrogens is 368 g/mol. The first kappa shape index (κ1) is 21.2. The maximum atomic E-state index is 12.4. The molecule has 2 amide bonds. The Balaban J connectivity index is 0.00000312. The molecule has 1 aliphatic rings. The van der Waals surface area contributed by atoms with Crippen LogP contribution in [0.3, 0.4) is 0 Å². The van der Waals surface area contributed by atoms with E-state index < -0.39 is 10.8 Å². The molecule has 0 saturated carbocycles. The molecular formula is C15H21ClN4O4S.